The van der Waals surface area contributed by atoms with Crippen LogP contribution in [-0.4, -0.2) is 60.8 Å². The first-order valence-corrected chi connectivity index (χ1v) is 15.0. The molecule has 2 saturated heterocycles. The number of anilines is 1. The Morgan fingerprint density at radius 1 is 0.950 bits per heavy atom. The predicted octanol–water partition coefficient (Wildman–Crippen LogP) is 6.73. The second kappa shape index (κ2) is 14.1. The average molecular weight is 579 g/mol. The Morgan fingerprint density at radius 3 is 2.48 bits per heavy atom. The number of hydrogen-bond donors (Lipinski definition) is 2. The van der Waals surface area contributed by atoms with Gasteiger partial charge >= 0.3 is 0 Å². The third-order valence-electron chi connectivity index (χ3n) is 7.60. The summed E-state index contributed by atoms with van der Waals surface area (Å²) in [6.07, 6.45) is 4.71. The quantitative estimate of drug-likeness (QED) is 0.230. The Hall–Kier alpha value is -2.90. The molecule has 5 rings (SSSR count). The van der Waals surface area contributed by atoms with Gasteiger partial charge in [-0.25, -0.2) is 4.99 Å². The molecule has 0 aromatic heterocycles. The van der Waals surface area contributed by atoms with E-state index in [1.807, 2.05) is 30.3 Å². The number of nitrogens with one attached hydrogen (secondary N) is 2. The van der Waals surface area contributed by atoms with E-state index in [4.69, 9.17) is 28.2 Å². The van der Waals surface area contributed by atoms with Gasteiger partial charge in [-0.2, -0.15) is 0 Å². The van der Waals surface area contributed by atoms with Crippen LogP contribution in [0.25, 0.3) is 0 Å². The number of aryl methyl sites for hydroxylation is 1. The summed E-state index contributed by atoms with van der Waals surface area (Å²) in [6, 6.07) is 24.1. The van der Waals surface area contributed by atoms with Crippen molar-refractivity contribution in [1.82, 2.24) is 15.1 Å². The summed E-state index contributed by atoms with van der Waals surface area (Å²) >= 11 is 12.2. The van der Waals surface area contributed by atoms with E-state index in [-0.39, 0.29) is 11.9 Å². The van der Waals surface area contributed by atoms with Crippen molar-refractivity contribution in [2.75, 3.05) is 44.6 Å². The molecule has 2 aliphatic heterocycles. The first-order chi connectivity index (χ1) is 19.5. The lowest BCUT2D eigenvalue weighted by molar-refractivity contribution is -0.116. The van der Waals surface area contributed by atoms with Crippen LogP contribution in [0.1, 0.15) is 42.9 Å². The minimum absolute atomic E-state index is 0.0548. The van der Waals surface area contributed by atoms with E-state index in [0.717, 1.165) is 62.0 Å². The lowest BCUT2D eigenvalue weighted by atomic mass is 10.0. The number of piperazine rings is 1. The van der Waals surface area contributed by atoms with Gasteiger partial charge in [0.1, 0.15) is 5.84 Å². The largest absolute Gasteiger partial charge is 0.356 e. The van der Waals surface area contributed by atoms with E-state index in [9.17, 15) is 4.79 Å². The molecule has 1 unspecified atom stereocenters. The second-order valence-corrected chi connectivity index (χ2v) is 11.4. The van der Waals surface area contributed by atoms with E-state index in [0.29, 0.717) is 22.9 Å². The maximum atomic E-state index is 12.6. The smallest absolute Gasteiger partial charge is 0.224 e. The van der Waals surface area contributed by atoms with Gasteiger partial charge in [0.25, 0.3) is 0 Å². The average Bonchev–Trinajstić information content (AvgIpc) is 2.98. The molecule has 1 amide bonds. The van der Waals surface area contributed by atoms with Crippen LogP contribution in [0.2, 0.25) is 10.0 Å². The number of piperidine rings is 1. The highest BCUT2D eigenvalue weighted by molar-refractivity contribution is 6.35. The highest BCUT2D eigenvalue weighted by Crippen LogP contribution is 2.24. The molecule has 210 valence electrons. The number of amides is 1. The SMILES string of the molecule is O=C(CCc1ccc(Cl)cc1Cl)Nc1ccc(N=C(CN2CCCCC2)N2CCNC(c3ccccc3)C2)cc1. The number of benzene rings is 3. The molecule has 1 atom stereocenters. The molecule has 2 heterocycles. The summed E-state index contributed by atoms with van der Waals surface area (Å²) in [6.45, 7) is 5.85. The number of hydrogen-bond acceptors (Lipinski definition) is 4. The van der Waals surface area contributed by atoms with Gasteiger partial charge in [0.15, 0.2) is 0 Å². The van der Waals surface area contributed by atoms with Crippen molar-refractivity contribution < 1.29 is 4.79 Å². The number of rotatable bonds is 8. The second-order valence-electron chi connectivity index (χ2n) is 10.6. The monoisotopic (exact) mass is 577 g/mol. The fourth-order valence-corrected chi connectivity index (χ4v) is 5.88. The summed E-state index contributed by atoms with van der Waals surface area (Å²) in [5.41, 5.74) is 3.88. The van der Waals surface area contributed by atoms with Crippen molar-refractivity contribution in [1.29, 1.82) is 0 Å². The zero-order chi connectivity index (χ0) is 27.7. The van der Waals surface area contributed by atoms with Gasteiger partial charge in [0.05, 0.1) is 12.2 Å². The number of carbonyl (C=O) groups is 1. The van der Waals surface area contributed by atoms with Crippen LogP contribution in [0.5, 0.6) is 0 Å². The van der Waals surface area contributed by atoms with E-state index in [2.05, 4.69) is 50.8 Å². The van der Waals surface area contributed by atoms with Gasteiger partial charge < -0.3 is 15.5 Å². The van der Waals surface area contributed by atoms with Crippen LogP contribution in [0, 0.1) is 0 Å². The topological polar surface area (TPSA) is 60.0 Å². The fraction of sp³-hybridized carbons (Fsp3) is 0.375. The molecule has 3 aromatic rings. The minimum Gasteiger partial charge on any atom is -0.356 e. The highest BCUT2D eigenvalue weighted by Gasteiger charge is 2.25. The van der Waals surface area contributed by atoms with Crippen molar-refractivity contribution in [3.8, 4) is 0 Å². The van der Waals surface area contributed by atoms with Crippen molar-refractivity contribution in [3.63, 3.8) is 0 Å². The Balaban J connectivity index is 1.25. The Labute approximate surface area is 247 Å². The Morgan fingerprint density at radius 2 is 1.73 bits per heavy atom. The molecular weight excluding hydrogens is 541 g/mol. The van der Waals surface area contributed by atoms with Gasteiger partial charge in [-0.05, 0) is 79.9 Å². The van der Waals surface area contributed by atoms with Crippen LogP contribution in [0.4, 0.5) is 11.4 Å². The number of nitrogens with zero attached hydrogens (tertiary/aromatic N) is 3. The minimum atomic E-state index is -0.0548. The molecule has 3 aromatic carbocycles. The van der Waals surface area contributed by atoms with Crippen LogP contribution >= 0.6 is 23.2 Å². The first-order valence-electron chi connectivity index (χ1n) is 14.2. The van der Waals surface area contributed by atoms with Crippen molar-refractivity contribution >= 4 is 46.3 Å². The molecule has 8 heteroatoms. The number of carbonyl (C=O) groups excluding carboxylic acids is 1. The molecule has 6 nitrogen and oxygen atoms in total. The molecule has 0 bridgehead atoms. The summed E-state index contributed by atoms with van der Waals surface area (Å²) in [4.78, 5) is 22.7. The highest BCUT2D eigenvalue weighted by atomic mass is 35.5. The maximum absolute atomic E-state index is 12.6. The molecule has 0 radical (unpaired) electrons. The predicted molar refractivity (Wildman–Crippen MR) is 166 cm³/mol. The standard InChI is InChI=1S/C32H37Cl2N5O/c33-26-11-9-24(29(34)21-26)10-16-32(40)37-28-14-12-27(13-15-28)36-31(23-38-18-5-2-6-19-38)39-20-17-35-30(22-39)25-7-3-1-4-8-25/h1,3-4,7-9,11-15,21,30,35H,2,5-6,10,16-20,22-23H2,(H,37,40). The lowest BCUT2D eigenvalue weighted by Gasteiger charge is -2.38. The Kier molecular flexibility index (Phi) is 10.1. The van der Waals surface area contributed by atoms with Crippen molar-refractivity contribution in [3.05, 3.63) is 94.0 Å². The van der Waals surface area contributed by atoms with E-state index in [1.165, 1.54) is 24.8 Å². The molecule has 0 saturated carbocycles. The summed E-state index contributed by atoms with van der Waals surface area (Å²) < 4.78 is 0. The zero-order valence-electron chi connectivity index (χ0n) is 22.8. The van der Waals surface area contributed by atoms with Crippen molar-refractivity contribution in [2.24, 2.45) is 4.99 Å². The summed E-state index contributed by atoms with van der Waals surface area (Å²) in [5, 5.41) is 7.85. The Bertz CT molecular complexity index is 1290. The summed E-state index contributed by atoms with van der Waals surface area (Å²) in [5.74, 6) is 1.06. The normalized spacial score (nSPS) is 18.5. The molecule has 0 spiro atoms. The fourth-order valence-electron chi connectivity index (χ4n) is 5.38. The van der Waals surface area contributed by atoms with Crippen molar-refractivity contribution in [2.45, 2.75) is 38.1 Å². The molecule has 2 fully saturated rings. The van der Waals surface area contributed by atoms with Gasteiger partial charge in [0, 0.05) is 47.8 Å². The molecule has 2 aliphatic rings. The van der Waals surface area contributed by atoms with E-state index >= 15 is 0 Å². The third-order valence-corrected chi connectivity index (χ3v) is 8.19. The van der Waals surface area contributed by atoms with E-state index in [1.54, 1.807) is 12.1 Å². The summed E-state index contributed by atoms with van der Waals surface area (Å²) in [7, 11) is 0. The van der Waals surface area contributed by atoms with Gasteiger partial charge in [-0.1, -0.05) is 66.0 Å². The molecule has 2 N–H and O–H groups in total. The van der Waals surface area contributed by atoms with Crippen LogP contribution < -0.4 is 10.6 Å². The van der Waals surface area contributed by atoms with Gasteiger partial charge in [-0.15, -0.1) is 0 Å². The first kappa shape index (κ1) is 28.6. The van der Waals surface area contributed by atoms with Gasteiger partial charge in [0.2, 0.25) is 5.91 Å². The number of aliphatic imine (C=N–C) groups is 1. The van der Waals surface area contributed by atoms with E-state index < -0.39 is 0 Å². The molecular formula is C32H37Cl2N5O. The third kappa shape index (κ3) is 8.07. The molecule has 0 aliphatic carbocycles. The number of amidine groups is 1. The zero-order valence-corrected chi connectivity index (χ0v) is 24.3. The van der Waals surface area contributed by atoms with Crippen LogP contribution in [0.3, 0.4) is 0 Å². The van der Waals surface area contributed by atoms with Crippen LogP contribution in [0.15, 0.2) is 77.8 Å². The molecule has 40 heavy (non-hydrogen) atoms. The lowest BCUT2D eigenvalue weighted by Crippen LogP contribution is -2.51. The number of likely N-dealkylation sites (tertiary alicyclic amines) is 1. The maximum Gasteiger partial charge on any atom is 0.224 e. The van der Waals surface area contributed by atoms with Crippen LogP contribution in [-0.2, 0) is 11.2 Å². The van der Waals surface area contributed by atoms with Gasteiger partial charge in [-0.3, -0.25) is 9.69 Å². The number of halogens is 2.